The fraction of sp³-hybridized carbons (Fsp3) is 0.400. The van der Waals surface area contributed by atoms with E-state index in [0.29, 0.717) is 17.9 Å². The number of nitrogens with zero attached hydrogens (tertiary/aromatic N) is 1. The number of thioether (sulfide) groups is 1. The highest BCUT2D eigenvalue weighted by Crippen LogP contribution is 2.10. The number of aldehydes is 1. The van der Waals surface area contributed by atoms with Gasteiger partial charge in [-0.05, 0) is 0 Å². The molecule has 0 radical (unpaired) electrons. The summed E-state index contributed by atoms with van der Waals surface area (Å²) in [5.74, 6) is 0.340. The molecule has 0 bridgehead atoms. The van der Waals surface area contributed by atoms with Crippen LogP contribution in [-0.4, -0.2) is 29.4 Å². The zero-order valence-electron chi connectivity index (χ0n) is 4.66. The molecule has 4 heteroatoms. The number of ketones is 1. The standard InChI is InChI=1S/C5H5NO2S/c7-3-4(8)5-6-1-2-9-5/h3H,1-2H2. The summed E-state index contributed by atoms with van der Waals surface area (Å²) in [5.41, 5.74) is 0. The largest absolute Gasteiger partial charge is 0.294 e. The molecule has 3 nitrogen and oxygen atoms in total. The molecular weight excluding hydrogens is 138 g/mol. The molecule has 48 valence electrons. The van der Waals surface area contributed by atoms with Gasteiger partial charge in [-0.25, -0.2) is 0 Å². The van der Waals surface area contributed by atoms with E-state index in [1.54, 1.807) is 0 Å². The number of Topliss-reactive ketones (excluding diaryl/α,β-unsaturated/α-hetero) is 1. The van der Waals surface area contributed by atoms with Crippen LogP contribution in [0.25, 0.3) is 0 Å². The van der Waals surface area contributed by atoms with Crippen LogP contribution in [0, 0.1) is 0 Å². The average Bonchev–Trinajstić information content (AvgIpc) is 2.37. The molecule has 0 aliphatic carbocycles. The lowest BCUT2D eigenvalue weighted by Gasteiger charge is -1.84. The van der Waals surface area contributed by atoms with Crippen molar-refractivity contribution < 1.29 is 9.59 Å². The summed E-state index contributed by atoms with van der Waals surface area (Å²) in [6, 6.07) is 0. The number of carbonyl (C=O) groups is 2. The number of hydrogen-bond donors (Lipinski definition) is 0. The van der Waals surface area contributed by atoms with E-state index in [1.807, 2.05) is 0 Å². The predicted molar refractivity (Wildman–Crippen MR) is 35.8 cm³/mol. The van der Waals surface area contributed by atoms with Gasteiger partial charge in [-0.2, -0.15) is 0 Å². The van der Waals surface area contributed by atoms with Crippen LogP contribution in [0.2, 0.25) is 0 Å². The second-order valence-corrected chi connectivity index (χ2v) is 2.60. The molecule has 0 N–H and O–H groups in total. The smallest absolute Gasteiger partial charge is 0.249 e. The quantitative estimate of drug-likeness (QED) is 0.400. The normalized spacial score (nSPS) is 17.1. The topological polar surface area (TPSA) is 46.5 Å². The van der Waals surface area contributed by atoms with Crippen LogP contribution in [0.4, 0.5) is 0 Å². The van der Waals surface area contributed by atoms with Crippen molar-refractivity contribution in [2.75, 3.05) is 12.3 Å². The number of rotatable bonds is 2. The van der Waals surface area contributed by atoms with Gasteiger partial charge in [0, 0.05) is 12.3 Å². The molecule has 0 aromatic rings. The molecule has 0 atom stereocenters. The highest BCUT2D eigenvalue weighted by Gasteiger charge is 2.13. The van der Waals surface area contributed by atoms with Crippen molar-refractivity contribution in [1.29, 1.82) is 0 Å². The van der Waals surface area contributed by atoms with Crippen molar-refractivity contribution in [3.05, 3.63) is 0 Å². The maximum absolute atomic E-state index is 10.5. The van der Waals surface area contributed by atoms with Crippen LogP contribution in [0.1, 0.15) is 0 Å². The van der Waals surface area contributed by atoms with Gasteiger partial charge < -0.3 is 0 Å². The van der Waals surface area contributed by atoms with E-state index in [2.05, 4.69) is 4.99 Å². The zero-order valence-corrected chi connectivity index (χ0v) is 5.48. The minimum absolute atomic E-state index is 0.303. The van der Waals surface area contributed by atoms with Crippen molar-refractivity contribution in [3.8, 4) is 0 Å². The maximum atomic E-state index is 10.5. The molecule has 0 aromatic heterocycles. The molecule has 1 heterocycles. The minimum Gasteiger partial charge on any atom is -0.294 e. The van der Waals surface area contributed by atoms with Gasteiger partial charge in [0.1, 0.15) is 5.04 Å². The van der Waals surface area contributed by atoms with E-state index in [-0.39, 0.29) is 0 Å². The highest BCUT2D eigenvalue weighted by atomic mass is 32.2. The molecule has 1 rings (SSSR count). The van der Waals surface area contributed by atoms with Crippen LogP contribution in [0.5, 0.6) is 0 Å². The Morgan fingerprint density at radius 1 is 1.78 bits per heavy atom. The molecule has 0 saturated carbocycles. The summed E-state index contributed by atoms with van der Waals surface area (Å²) in [4.78, 5) is 24.1. The molecule has 1 aliphatic rings. The third kappa shape index (κ3) is 1.38. The first-order chi connectivity index (χ1) is 4.34. The molecule has 0 saturated heterocycles. The van der Waals surface area contributed by atoms with Crippen molar-refractivity contribution in [2.45, 2.75) is 0 Å². The van der Waals surface area contributed by atoms with Crippen LogP contribution >= 0.6 is 11.8 Å². The van der Waals surface area contributed by atoms with E-state index in [1.165, 1.54) is 11.8 Å². The zero-order chi connectivity index (χ0) is 6.69. The second-order valence-electron chi connectivity index (χ2n) is 1.52. The fourth-order valence-corrected chi connectivity index (χ4v) is 1.28. The first-order valence-electron chi connectivity index (χ1n) is 2.51. The molecule has 9 heavy (non-hydrogen) atoms. The van der Waals surface area contributed by atoms with E-state index in [0.717, 1.165) is 5.75 Å². The maximum Gasteiger partial charge on any atom is 0.249 e. The average molecular weight is 143 g/mol. The van der Waals surface area contributed by atoms with E-state index in [9.17, 15) is 9.59 Å². The summed E-state index contributed by atoms with van der Waals surface area (Å²) >= 11 is 1.34. The van der Waals surface area contributed by atoms with Crippen molar-refractivity contribution in [3.63, 3.8) is 0 Å². The Balaban J connectivity index is 2.61. The Labute approximate surface area is 56.5 Å². The van der Waals surface area contributed by atoms with Gasteiger partial charge in [-0.15, -0.1) is 11.8 Å². The third-order valence-corrected chi connectivity index (χ3v) is 1.89. The van der Waals surface area contributed by atoms with Gasteiger partial charge in [0.05, 0.1) is 0 Å². The van der Waals surface area contributed by atoms with E-state index in [4.69, 9.17) is 0 Å². The van der Waals surface area contributed by atoms with Gasteiger partial charge >= 0.3 is 0 Å². The molecule has 1 aliphatic heterocycles. The summed E-state index contributed by atoms with van der Waals surface area (Å²) in [6.07, 6.45) is 0.303. The lowest BCUT2D eigenvalue weighted by atomic mass is 10.5. The molecule has 0 fully saturated rings. The van der Waals surface area contributed by atoms with Crippen LogP contribution in [0.3, 0.4) is 0 Å². The number of hydrogen-bond acceptors (Lipinski definition) is 4. The Kier molecular flexibility index (Phi) is 2.00. The van der Waals surface area contributed by atoms with Crippen molar-refractivity contribution in [2.24, 2.45) is 4.99 Å². The van der Waals surface area contributed by atoms with Crippen molar-refractivity contribution in [1.82, 2.24) is 0 Å². The van der Waals surface area contributed by atoms with Crippen LogP contribution in [-0.2, 0) is 9.59 Å². The first-order valence-corrected chi connectivity index (χ1v) is 3.50. The molecular formula is C5H5NO2S. The summed E-state index contributed by atoms with van der Waals surface area (Å²) < 4.78 is 0. The summed E-state index contributed by atoms with van der Waals surface area (Å²) in [7, 11) is 0. The Morgan fingerprint density at radius 2 is 2.56 bits per heavy atom. The predicted octanol–water partition coefficient (Wildman–Crippen LogP) is -0.100. The first kappa shape index (κ1) is 6.48. The summed E-state index contributed by atoms with van der Waals surface area (Å²) in [5, 5.41) is 0.366. The Morgan fingerprint density at radius 3 is 3.00 bits per heavy atom. The molecule has 0 amide bonds. The highest BCUT2D eigenvalue weighted by molar-refractivity contribution is 8.16. The fourth-order valence-electron chi connectivity index (χ4n) is 0.535. The Bertz CT molecular complexity index is 176. The van der Waals surface area contributed by atoms with Gasteiger partial charge in [0.2, 0.25) is 5.78 Å². The van der Waals surface area contributed by atoms with E-state index < -0.39 is 5.78 Å². The Hall–Kier alpha value is -0.640. The van der Waals surface area contributed by atoms with E-state index >= 15 is 0 Å². The lowest BCUT2D eigenvalue weighted by molar-refractivity contribution is -0.125. The number of aliphatic imine (C=N–C) groups is 1. The van der Waals surface area contributed by atoms with Gasteiger partial charge in [-0.1, -0.05) is 0 Å². The van der Waals surface area contributed by atoms with Gasteiger partial charge in [-0.3, -0.25) is 14.6 Å². The monoisotopic (exact) mass is 143 g/mol. The van der Waals surface area contributed by atoms with Gasteiger partial charge in [0.15, 0.2) is 6.29 Å². The summed E-state index contributed by atoms with van der Waals surface area (Å²) in [6.45, 7) is 0.666. The third-order valence-electron chi connectivity index (χ3n) is 0.903. The molecule has 0 spiro atoms. The molecule has 0 aromatic carbocycles. The SMILES string of the molecule is O=CC(=O)C1=NCCS1. The van der Waals surface area contributed by atoms with Crippen molar-refractivity contribution >= 4 is 28.9 Å². The van der Waals surface area contributed by atoms with Crippen LogP contribution in [0.15, 0.2) is 4.99 Å². The van der Waals surface area contributed by atoms with Gasteiger partial charge in [0.25, 0.3) is 0 Å². The minimum atomic E-state index is -0.488. The molecule has 0 unspecified atom stereocenters. The lowest BCUT2D eigenvalue weighted by Crippen LogP contribution is -2.08. The number of carbonyl (C=O) groups excluding carboxylic acids is 2. The van der Waals surface area contributed by atoms with Crippen LogP contribution < -0.4 is 0 Å². The second kappa shape index (κ2) is 2.77.